The number of amides is 1. The van der Waals surface area contributed by atoms with E-state index in [0.29, 0.717) is 17.8 Å². The molecular formula is C18H23FN2O. The van der Waals surface area contributed by atoms with Crippen LogP contribution in [0.5, 0.6) is 0 Å². The summed E-state index contributed by atoms with van der Waals surface area (Å²) in [5.41, 5.74) is 3.06. The summed E-state index contributed by atoms with van der Waals surface area (Å²) in [6.07, 6.45) is 0.873. The number of nitrogens with one attached hydrogen (secondary N) is 1. The summed E-state index contributed by atoms with van der Waals surface area (Å²) in [5.74, 6) is -0.349. The van der Waals surface area contributed by atoms with Gasteiger partial charge in [-0.3, -0.25) is 4.79 Å². The molecule has 4 heteroatoms. The Balaban J connectivity index is 2.36. The number of hydrogen-bond donors (Lipinski definition) is 1. The molecule has 1 unspecified atom stereocenters. The molecule has 0 saturated carbocycles. The van der Waals surface area contributed by atoms with Gasteiger partial charge in [0.25, 0.3) is 5.91 Å². The molecule has 2 rings (SSSR count). The fourth-order valence-electron chi connectivity index (χ4n) is 2.55. The molecule has 1 N–H and O–H groups in total. The maximum atomic E-state index is 13.9. The zero-order chi connectivity index (χ0) is 16.3. The largest absolute Gasteiger partial charge is 0.348 e. The molecule has 0 bridgehead atoms. The lowest BCUT2D eigenvalue weighted by molar-refractivity contribution is 0.0929. The Hall–Kier alpha value is -2.10. The van der Waals surface area contributed by atoms with E-state index in [-0.39, 0.29) is 17.8 Å². The predicted octanol–water partition coefficient (Wildman–Crippen LogP) is 3.82. The molecule has 1 aromatic carbocycles. The molecular weight excluding hydrogens is 279 g/mol. The third-order valence-electron chi connectivity index (χ3n) is 3.99. The van der Waals surface area contributed by atoms with Gasteiger partial charge in [-0.1, -0.05) is 25.1 Å². The van der Waals surface area contributed by atoms with Crippen molar-refractivity contribution in [2.45, 2.75) is 46.7 Å². The van der Waals surface area contributed by atoms with Gasteiger partial charge in [-0.25, -0.2) is 4.39 Å². The molecule has 0 aliphatic carbocycles. The number of benzene rings is 1. The maximum absolute atomic E-state index is 13.9. The Labute approximate surface area is 131 Å². The van der Waals surface area contributed by atoms with Crippen LogP contribution in [0.25, 0.3) is 0 Å². The number of nitrogens with zero attached hydrogens (tertiary/aromatic N) is 1. The summed E-state index contributed by atoms with van der Waals surface area (Å²) in [7, 11) is 0. The van der Waals surface area contributed by atoms with Crippen LogP contribution in [-0.4, -0.2) is 16.5 Å². The van der Waals surface area contributed by atoms with Gasteiger partial charge in [0, 0.05) is 17.3 Å². The fourth-order valence-corrected chi connectivity index (χ4v) is 2.55. The molecule has 1 heterocycles. The Bertz CT molecular complexity index is 676. The topological polar surface area (TPSA) is 34.0 Å². The van der Waals surface area contributed by atoms with Crippen LogP contribution in [0.1, 0.15) is 47.6 Å². The summed E-state index contributed by atoms with van der Waals surface area (Å²) < 4.78 is 15.8. The molecule has 1 aromatic heterocycles. The SMILES string of the molecule is CCC(C)NC(=O)c1c(C)cc(C)n1Cc1ccccc1F. The molecule has 2 aromatic rings. The van der Waals surface area contributed by atoms with Crippen LogP contribution in [-0.2, 0) is 6.54 Å². The number of halogens is 1. The minimum absolute atomic E-state index is 0.101. The van der Waals surface area contributed by atoms with Crippen molar-refractivity contribution in [3.8, 4) is 0 Å². The minimum atomic E-state index is -0.249. The van der Waals surface area contributed by atoms with Crippen LogP contribution in [0.15, 0.2) is 30.3 Å². The van der Waals surface area contributed by atoms with Crippen molar-refractivity contribution in [1.82, 2.24) is 9.88 Å². The molecule has 0 aliphatic rings. The second-order valence-electron chi connectivity index (χ2n) is 5.78. The summed E-state index contributed by atoms with van der Waals surface area (Å²) in [4.78, 5) is 12.5. The number of aryl methyl sites for hydroxylation is 2. The number of aromatic nitrogens is 1. The van der Waals surface area contributed by atoms with Crippen LogP contribution < -0.4 is 5.32 Å². The Morgan fingerprint density at radius 1 is 1.32 bits per heavy atom. The molecule has 22 heavy (non-hydrogen) atoms. The van der Waals surface area contributed by atoms with Crippen molar-refractivity contribution in [3.05, 3.63) is 58.7 Å². The Kier molecular flexibility index (Phi) is 5.01. The first-order valence-electron chi connectivity index (χ1n) is 7.65. The fraction of sp³-hybridized carbons (Fsp3) is 0.389. The van der Waals surface area contributed by atoms with Gasteiger partial charge in [-0.05, 0) is 44.9 Å². The summed E-state index contributed by atoms with van der Waals surface area (Å²) in [6, 6.07) is 8.75. The molecule has 0 spiro atoms. The maximum Gasteiger partial charge on any atom is 0.268 e. The van der Waals surface area contributed by atoms with Crippen LogP contribution in [0, 0.1) is 19.7 Å². The summed E-state index contributed by atoms with van der Waals surface area (Å²) >= 11 is 0. The van der Waals surface area contributed by atoms with Gasteiger partial charge in [-0.15, -0.1) is 0 Å². The van der Waals surface area contributed by atoms with Crippen molar-refractivity contribution < 1.29 is 9.18 Å². The third kappa shape index (κ3) is 3.38. The Morgan fingerprint density at radius 2 is 2.00 bits per heavy atom. The molecule has 1 amide bonds. The normalized spacial score (nSPS) is 12.2. The van der Waals surface area contributed by atoms with E-state index < -0.39 is 0 Å². The zero-order valence-electron chi connectivity index (χ0n) is 13.6. The van der Waals surface area contributed by atoms with E-state index in [0.717, 1.165) is 17.7 Å². The van der Waals surface area contributed by atoms with Crippen LogP contribution in [0.2, 0.25) is 0 Å². The van der Waals surface area contributed by atoms with E-state index in [1.807, 2.05) is 44.4 Å². The van der Waals surface area contributed by atoms with Crippen molar-refractivity contribution in [2.24, 2.45) is 0 Å². The van der Waals surface area contributed by atoms with Gasteiger partial charge in [0.1, 0.15) is 11.5 Å². The monoisotopic (exact) mass is 302 g/mol. The molecule has 118 valence electrons. The highest BCUT2D eigenvalue weighted by molar-refractivity contribution is 5.94. The average molecular weight is 302 g/mol. The van der Waals surface area contributed by atoms with Crippen molar-refractivity contribution in [2.75, 3.05) is 0 Å². The van der Waals surface area contributed by atoms with Crippen LogP contribution in [0.3, 0.4) is 0 Å². The highest BCUT2D eigenvalue weighted by Gasteiger charge is 2.19. The zero-order valence-corrected chi connectivity index (χ0v) is 13.6. The number of carbonyl (C=O) groups is 1. The van der Waals surface area contributed by atoms with Gasteiger partial charge in [0.15, 0.2) is 0 Å². The van der Waals surface area contributed by atoms with Crippen LogP contribution >= 0.6 is 0 Å². The van der Waals surface area contributed by atoms with Gasteiger partial charge in [-0.2, -0.15) is 0 Å². The van der Waals surface area contributed by atoms with E-state index >= 15 is 0 Å². The lowest BCUT2D eigenvalue weighted by atomic mass is 10.2. The van der Waals surface area contributed by atoms with Gasteiger partial charge >= 0.3 is 0 Å². The quantitative estimate of drug-likeness (QED) is 0.895. The number of hydrogen-bond acceptors (Lipinski definition) is 1. The molecule has 3 nitrogen and oxygen atoms in total. The van der Waals surface area contributed by atoms with E-state index in [4.69, 9.17) is 0 Å². The van der Waals surface area contributed by atoms with Gasteiger partial charge in [0.2, 0.25) is 0 Å². The number of carbonyl (C=O) groups excluding carboxylic acids is 1. The second-order valence-corrected chi connectivity index (χ2v) is 5.78. The summed E-state index contributed by atoms with van der Waals surface area (Å²) in [6.45, 7) is 8.21. The summed E-state index contributed by atoms with van der Waals surface area (Å²) in [5, 5.41) is 2.99. The first-order chi connectivity index (χ1) is 10.4. The van der Waals surface area contributed by atoms with Crippen LogP contribution in [0.4, 0.5) is 4.39 Å². The molecule has 1 atom stereocenters. The smallest absolute Gasteiger partial charge is 0.268 e. The van der Waals surface area contributed by atoms with E-state index in [1.165, 1.54) is 6.07 Å². The van der Waals surface area contributed by atoms with E-state index in [1.54, 1.807) is 12.1 Å². The van der Waals surface area contributed by atoms with Gasteiger partial charge < -0.3 is 9.88 Å². The molecule has 0 radical (unpaired) electrons. The minimum Gasteiger partial charge on any atom is -0.348 e. The average Bonchev–Trinajstić information content (AvgIpc) is 2.75. The Morgan fingerprint density at radius 3 is 2.64 bits per heavy atom. The predicted molar refractivity (Wildman–Crippen MR) is 86.6 cm³/mol. The molecule has 0 saturated heterocycles. The van der Waals surface area contributed by atoms with Gasteiger partial charge in [0.05, 0.1) is 6.54 Å². The lowest BCUT2D eigenvalue weighted by Gasteiger charge is -2.16. The molecule has 0 fully saturated rings. The first-order valence-corrected chi connectivity index (χ1v) is 7.65. The van der Waals surface area contributed by atoms with E-state index in [2.05, 4.69) is 5.32 Å². The molecule has 0 aliphatic heterocycles. The lowest BCUT2D eigenvalue weighted by Crippen LogP contribution is -2.34. The van der Waals surface area contributed by atoms with E-state index in [9.17, 15) is 9.18 Å². The van der Waals surface area contributed by atoms with Crippen molar-refractivity contribution >= 4 is 5.91 Å². The third-order valence-corrected chi connectivity index (χ3v) is 3.99. The second kappa shape index (κ2) is 6.77. The first kappa shape index (κ1) is 16.3. The highest BCUT2D eigenvalue weighted by Crippen LogP contribution is 2.19. The number of rotatable bonds is 5. The van der Waals surface area contributed by atoms with Crippen molar-refractivity contribution in [3.63, 3.8) is 0 Å². The standard InChI is InChI=1S/C18H23FN2O/c1-5-13(3)20-18(22)17-12(2)10-14(4)21(17)11-15-8-6-7-9-16(15)19/h6-10,13H,5,11H2,1-4H3,(H,20,22). The highest BCUT2D eigenvalue weighted by atomic mass is 19.1. The van der Waals surface area contributed by atoms with Crippen molar-refractivity contribution in [1.29, 1.82) is 0 Å².